The van der Waals surface area contributed by atoms with E-state index in [1.165, 1.54) is 0 Å². The average Bonchev–Trinajstić information content (AvgIpc) is 2.16. The minimum absolute atomic E-state index is 0.425. The van der Waals surface area contributed by atoms with Gasteiger partial charge in [-0.05, 0) is 31.0 Å². The largest absolute Gasteiger partial charge is 0.496 e. The van der Waals surface area contributed by atoms with Crippen LogP contribution in [0.4, 0.5) is 0 Å². The van der Waals surface area contributed by atoms with E-state index in [1.54, 1.807) is 14.2 Å². The molecule has 0 aliphatic rings. The first-order valence-electron chi connectivity index (χ1n) is 4.56. The van der Waals surface area contributed by atoms with Crippen molar-refractivity contribution in [2.24, 2.45) is 5.73 Å². The Morgan fingerprint density at radius 1 is 1.07 bits per heavy atom. The molecule has 0 aliphatic carbocycles. The first-order valence-corrected chi connectivity index (χ1v) is 4.56. The molecule has 0 aliphatic heterocycles. The van der Waals surface area contributed by atoms with Gasteiger partial charge < -0.3 is 15.2 Å². The lowest BCUT2D eigenvalue weighted by Gasteiger charge is -2.16. The quantitative estimate of drug-likeness (QED) is 0.799. The number of hydrogen-bond donors (Lipinski definition) is 1. The van der Waals surface area contributed by atoms with Crippen molar-refractivity contribution in [2.45, 2.75) is 20.4 Å². The molecular weight excluding hydrogens is 178 g/mol. The highest BCUT2D eigenvalue weighted by Crippen LogP contribution is 2.34. The van der Waals surface area contributed by atoms with Crippen LogP contribution in [0.15, 0.2) is 6.07 Å². The van der Waals surface area contributed by atoms with Gasteiger partial charge in [-0.15, -0.1) is 0 Å². The molecule has 2 N–H and O–H groups in total. The summed E-state index contributed by atoms with van der Waals surface area (Å²) in [6.07, 6.45) is 0. The molecule has 1 rings (SSSR count). The number of hydrogen-bond acceptors (Lipinski definition) is 3. The maximum atomic E-state index is 5.68. The molecule has 0 bridgehead atoms. The van der Waals surface area contributed by atoms with Crippen LogP contribution in [0.5, 0.6) is 11.5 Å². The third-order valence-electron chi connectivity index (χ3n) is 2.31. The second kappa shape index (κ2) is 4.33. The second-order valence-electron chi connectivity index (χ2n) is 3.26. The summed E-state index contributed by atoms with van der Waals surface area (Å²) in [5, 5.41) is 0. The fourth-order valence-electron chi connectivity index (χ4n) is 1.79. The zero-order valence-corrected chi connectivity index (χ0v) is 9.18. The van der Waals surface area contributed by atoms with Crippen LogP contribution in [-0.4, -0.2) is 14.2 Å². The second-order valence-corrected chi connectivity index (χ2v) is 3.26. The highest BCUT2D eigenvalue weighted by molar-refractivity contribution is 5.53. The predicted octanol–water partition coefficient (Wildman–Crippen LogP) is 1.78. The van der Waals surface area contributed by atoms with Crippen LogP contribution in [0.1, 0.15) is 16.7 Å². The number of ether oxygens (including phenoxy) is 2. The van der Waals surface area contributed by atoms with E-state index in [9.17, 15) is 0 Å². The summed E-state index contributed by atoms with van der Waals surface area (Å²) in [4.78, 5) is 0. The van der Waals surface area contributed by atoms with Crippen LogP contribution >= 0.6 is 0 Å². The zero-order valence-electron chi connectivity index (χ0n) is 9.18. The molecule has 14 heavy (non-hydrogen) atoms. The third-order valence-corrected chi connectivity index (χ3v) is 2.31. The van der Waals surface area contributed by atoms with Gasteiger partial charge in [0.2, 0.25) is 0 Å². The summed E-state index contributed by atoms with van der Waals surface area (Å²) in [5.41, 5.74) is 8.80. The van der Waals surface area contributed by atoms with Gasteiger partial charge in [0.1, 0.15) is 11.5 Å². The molecule has 0 saturated heterocycles. The average molecular weight is 195 g/mol. The van der Waals surface area contributed by atoms with Crippen molar-refractivity contribution in [3.05, 3.63) is 22.8 Å². The van der Waals surface area contributed by atoms with E-state index >= 15 is 0 Å². The summed E-state index contributed by atoms with van der Waals surface area (Å²) in [6, 6.07) is 2.04. The number of methoxy groups -OCH3 is 2. The Morgan fingerprint density at radius 3 is 1.79 bits per heavy atom. The molecule has 0 heterocycles. The van der Waals surface area contributed by atoms with Gasteiger partial charge in [-0.1, -0.05) is 0 Å². The lowest BCUT2D eigenvalue weighted by molar-refractivity contribution is 0.381. The monoisotopic (exact) mass is 195 g/mol. The Hall–Kier alpha value is -1.22. The third kappa shape index (κ3) is 1.68. The predicted molar refractivity (Wildman–Crippen MR) is 56.9 cm³/mol. The Morgan fingerprint density at radius 2 is 1.50 bits per heavy atom. The molecule has 0 radical (unpaired) electrons. The lowest BCUT2D eigenvalue weighted by atomic mass is 10.0. The minimum Gasteiger partial charge on any atom is -0.496 e. The van der Waals surface area contributed by atoms with Gasteiger partial charge in [0.15, 0.2) is 0 Å². The van der Waals surface area contributed by atoms with Gasteiger partial charge in [-0.25, -0.2) is 0 Å². The van der Waals surface area contributed by atoms with Crippen LogP contribution in [0.2, 0.25) is 0 Å². The molecule has 1 aromatic rings. The van der Waals surface area contributed by atoms with E-state index in [2.05, 4.69) is 0 Å². The molecule has 0 spiro atoms. The molecule has 3 nitrogen and oxygen atoms in total. The van der Waals surface area contributed by atoms with E-state index in [-0.39, 0.29) is 0 Å². The maximum absolute atomic E-state index is 5.68. The summed E-state index contributed by atoms with van der Waals surface area (Å²) >= 11 is 0. The fourth-order valence-corrected chi connectivity index (χ4v) is 1.79. The Bertz CT molecular complexity index is 306. The molecule has 1 aromatic carbocycles. The number of benzene rings is 1. The Labute approximate surface area is 84.8 Å². The van der Waals surface area contributed by atoms with Crippen molar-refractivity contribution in [3.8, 4) is 11.5 Å². The summed E-state index contributed by atoms with van der Waals surface area (Å²) in [6.45, 7) is 4.43. The van der Waals surface area contributed by atoms with Crippen molar-refractivity contribution in [3.63, 3.8) is 0 Å². The van der Waals surface area contributed by atoms with Crippen LogP contribution in [-0.2, 0) is 6.54 Å². The number of nitrogens with two attached hydrogens (primary N) is 1. The van der Waals surface area contributed by atoms with Crippen LogP contribution in [0, 0.1) is 13.8 Å². The van der Waals surface area contributed by atoms with Crippen molar-refractivity contribution in [2.75, 3.05) is 14.2 Å². The van der Waals surface area contributed by atoms with Crippen molar-refractivity contribution in [1.82, 2.24) is 0 Å². The number of rotatable bonds is 3. The smallest absolute Gasteiger partial charge is 0.129 e. The van der Waals surface area contributed by atoms with Crippen molar-refractivity contribution >= 4 is 0 Å². The number of aryl methyl sites for hydroxylation is 2. The molecule has 78 valence electrons. The van der Waals surface area contributed by atoms with Crippen molar-refractivity contribution < 1.29 is 9.47 Å². The van der Waals surface area contributed by atoms with Gasteiger partial charge in [0.25, 0.3) is 0 Å². The van der Waals surface area contributed by atoms with E-state index in [0.29, 0.717) is 6.54 Å². The van der Waals surface area contributed by atoms with Gasteiger partial charge in [0, 0.05) is 6.54 Å². The summed E-state index contributed by atoms with van der Waals surface area (Å²) < 4.78 is 10.6. The fraction of sp³-hybridized carbons (Fsp3) is 0.455. The first kappa shape index (κ1) is 10.9. The molecule has 0 fully saturated rings. The van der Waals surface area contributed by atoms with Gasteiger partial charge in [-0.2, -0.15) is 0 Å². The maximum Gasteiger partial charge on any atom is 0.129 e. The lowest BCUT2D eigenvalue weighted by Crippen LogP contribution is -2.05. The van der Waals surface area contributed by atoms with Gasteiger partial charge in [0.05, 0.1) is 19.8 Å². The molecule has 0 unspecified atom stereocenters. The summed E-state index contributed by atoms with van der Waals surface area (Å²) in [7, 11) is 3.30. The van der Waals surface area contributed by atoms with Gasteiger partial charge >= 0.3 is 0 Å². The Kier molecular flexibility index (Phi) is 3.36. The molecule has 0 saturated carbocycles. The highest BCUT2D eigenvalue weighted by Gasteiger charge is 2.13. The molecule has 0 amide bonds. The zero-order chi connectivity index (χ0) is 10.7. The standard InChI is InChI=1S/C11H17NO2/c1-7-5-8(2)11(14-4)9(6-12)10(7)13-3/h5H,6,12H2,1-4H3. The van der Waals surface area contributed by atoms with E-state index in [1.807, 2.05) is 19.9 Å². The Balaban J connectivity index is 3.43. The van der Waals surface area contributed by atoms with Crippen LogP contribution in [0.25, 0.3) is 0 Å². The van der Waals surface area contributed by atoms with Gasteiger partial charge in [-0.3, -0.25) is 0 Å². The molecule has 0 aromatic heterocycles. The van der Waals surface area contributed by atoms with Crippen molar-refractivity contribution in [1.29, 1.82) is 0 Å². The topological polar surface area (TPSA) is 44.5 Å². The van der Waals surface area contributed by atoms with Crippen LogP contribution < -0.4 is 15.2 Å². The highest BCUT2D eigenvalue weighted by atomic mass is 16.5. The van der Waals surface area contributed by atoms with E-state index in [4.69, 9.17) is 15.2 Å². The molecule has 3 heteroatoms. The first-order chi connectivity index (χ1) is 6.65. The minimum atomic E-state index is 0.425. The SMILES string of the molecule is COc1c(C)cc(C)c(OC)c1CN. The van der Waals surface area contributed by atoms with E-state index < -0.39 is 0 Å². The normalized spacial score (nSPS) is 10.1. The summed E-state index contributed by atoms with van der Waals surface area (Å²) in [5.74, 6) is 1.66. The van der Waals surface area contributed by atoms with E-state index in [0.717, 1.165) is 28.2 Å². The molecule has 0 atom stereocenters. The molecular formula is C11H17NO2. The van der Waals surface area contributed by atoms with Crippen LogP contribution in [0.3, 0.4) is 0 Å².